The summed E-state index contributed by atoms with van der Waals surface area (Å²) in [6, 6.07) is 12.4. The first-order chi connectivity index (χ1) is 16.2. The molecule has 1 atom stereocenters. The van der Waals surface area contributed by atoms with Gasteiger partial charge in [0.1, 0.15) is 16.3 Å². The number of fused-ring (bicyclic) bond motifs is 1. The van der Waals surface area contributed by atoms with E-state index in [2.05, 4.69) is 43.2 Å². The molecule has 1 aliphatic rings. The molecule has 1 fully saturated rings. The predicted octanol–water partition coefficient (Wildman–Crippen LogP) is 3.91. The molecule has 1 unspecified atom stereocenters. The van der Waals surface area contributed by atoms with Crippen molar-refractivity contribution >= 4 is 39.2 Å². The highest BCUT2D eigenvalue weighted by molar-refractivity contribution is 7.16. The Morgan fingerprint density at radius 3 is 2.82 bits per heavy atom. The molecule has 170 valence electrons. The number of amides is 1. The lowest BCUT2D eigenvalue weighted by Crippen LogP contribution is -2.33. The maximum atomic E-state index is 12.6. The maximum absolute atomic E-state index is 12.6. The van der Waals surface area contributed by atoms with E-state index in [4.69, 9.17) is 0 Å². The van der Waals surface area contributed by atoms with E-state index < -0.39 is 0 Å². The third-order valence-electron chi connectivity index (χ3n) is 5.59. The maximum Gasteiger partial charge on any atom is 0.239 e. The normalized spacial score (nSPS) is 14.2. The summed E-state index contributed by atoms with van der Waals surface area (Å²) in [5.74, 6) is 1.04. The number of nitrogens with one attached hydrogen (secondary N) is 3. The zero-order chi connectivity index (χ0) is 22.6. The monoisotopic (exact) mass is 462 g/mol. The van der Waals surface area contributed by atoms with Crippen LogP contribution in [0.5, 0.6) is 0 Å². The number of carbonyl (C=O) groups is 1. The van der Waals surface area contributed by atoms with Gasteiger partial charge in [-0.15, -0.1) is 16.4 Å². The van der Waals surface area contributed by atoms with Gasteiger partial charge in [-0.1, -0.05) is 42.5 Å². The number of rotatable bonds is 10. The van der Waals surface area contributed by atoms with Crippen LogP contribution in [0.1, 0.15) is 49.5 Å². The van der Waals surface area contributed by atoms with Gasteiger partial charge in [0.05, 0.1) is 36.8 Å². The van der Waals surface area contributed by atoms with E-state index in [1.165, 1.54) is 24.2 Å². The zero-order valence-electron chi connectivity index (χ0n) is 18.4. The number of anilines is 2. The average molecular weight is 463 g/mol. The predicted molar refractivity (Wildman–Crippen MR) is 129 cm³/mol. The second-order valence-electron chi connectivity index (χ2n) is 8.10. The summed E-state index contributed by atoms with van der Waals surface area (Å²) in [4.78, 5) is 22.7. The van der Waals surface area contributed by atoms with E-state index in [-0.39, 0.29) is 18.5 Å². The van der Waals surface area contributed by atoms with Crippen LogP contribution in [0, 0.1) is 0 Å². The van der Waals surface area contributed by atoms with Crippen molar-refractivity contribution in [3.8, 4) is 0 Å². The third kappa shape index (κ3) is 5.11. The number of benzene rings is 1. The molecule has 9 nitrogen and oxygen atoms in total. The van der Waals surface area contributed by atoms with Crippen molar-refractivity contribution in [1.29, 1.82) is 0 Å². The Balaban J connectivity index is 1.23. The molecule has 0 aliphatic heterocycles. The zero-order valence-corrected chi connectivity index (χ0v) is 19.2. The number of carbonyl (C=O) groups excluding carboxylic acids is 1. The molecule has 0 radical (unpaired) electrons. The van der Waals surface area contributed by atoms with Gasteiger partial charge in [-0.3, -0.25) is 4.79 Å². The number of nitrogens with zero attached hydrogens (tertiary/aromatic N) is 5. The van der Waals surface area contributed by atoms with Crippen LogP contribution in [0.25, 0.3) is 10.2 Å². The molecule has 3 heterocycles. The van der Waals surface area contributed by atoms with Gasteiger partial charge >= 0.3 is 0 Å². The minimum Gasteiger partial charge on any atom is -0.360 e. The first-order valence-corrected chi connectivity index (χ1v) is 12.1. The first kappa shape index (κ1) is 21.3. The van der Waals surface area contributed by atoms with Crippen LogP contribution in [-0.2, 0) is 11.3 Å². The fourth-order valence-electron chi connectivity index (χ4n) is 3.67. The van der Waals surface area contributed by atoms with Crippen molar-refractivity contribution in [3.63, 3.8) is 0 Å². The molecular weight excluding hydrogens is 436 g/mol. The highest BCUT2D eigenvalue weighted by atomic mass is 32.1. The number of thiophene rings is 1. The molecule has 0 saturated heterocycles. The van der Waals surface area contributed by atoms with Crippen LogP contribution in [0.4, 0.5) is 11.8 Å². The van der Waals surface area contributed by atoms with Crippen LogP contribution in [0.15, 0.2) is 48.0 Å². The van der Waals surface area contributed by atoms with E-state index in [0.29, 0.717) is 24.4 Å². The topological polar surface area (TPSA) is 110 Å². The lowest BCUT2D eigenvalue weighted by molar-refractivity contribution is -0.120. The molecule has 1 amide bonds. The fraction of sp³-hybridized carbons (Fsp3) is 0.348. The highest BCUT2D eigenvalue weighted by Gasteiger charge is 2.24. The Morgan fingerprint density at radius 1 is 1.18 bits per heavy atom. The SMILES string of the molecule is CCC(NC(=O)CNc1nc(NCc2cn(C3CC3)nn2)nc2sccc12)c1ccccc1. The lowest BCUT2D eigenvalue weighted by atomic mass is 10.0. The third-order valence-corrected chi connectivity index (χ3v) is 6.40. The summed E-state index contributed by atoms with van der Waals surface area (Å²) in [6.45, 7) is 2.67. The van der Waals surface area contributed by atoms with E-state index in [1.807, 2.05) is 52.7 Å². The Morgan fingerprint density at radius 2 is 2.03 bits per heavy atom. The van der Waals surface area contributed by atoms with Gasteiger partial charge in [0.15, 0.2) is 0 Å². The smallest absolute Gasteiger partial charge is 0.239 e. The Labute approximate surface area is 195 Å². The minimum absolute atomic E-state index is 0.0200. The van der Waals surface area contributed by atoms with Gasteiger partial charge in [-0.2, -0.15) is 4.98 Å². The lowest BCUT2D eigenvalue weighted by Gasteiger charge is -2.18. The largest absolute Gasteiger partial charge is 0.360 e. The molecule has 4 aromatic rings. The van der Waals surface area contributed by atoms with Crippen molar-refractivity contribution in [2.24, 2.45) is 0 Å². The van der Waals surface area contributed by atoms with Crippen molar-refractivity contribution in [2.45, 2.75) is 44.8 Å². The molecule has 1 aromatic carbocycles. The minimum atomic E-state index is -0.0844. The van der Waals surface area contributed by atoms with E-state index in [9.17, 15) is 4.79 Å². The Kier molecular flexibility index (Phi) is 6.16. The highest BCUT2D eigenvalue weighted by Crippen LogP contribution is 2.33. The van der Waals surface area contributed by atoms with Crippen LogP contribution in [0.2, 0.25) is 0 Å². The number of aromatic nitrogens is 5. The van der Waals surface area contributed by atoms with Gasteiger partial charge < -0.3 is 16.0 Å². The molecule has 3 aromatic heterocycles. The van der Waals surface area contributed by atoms with Crippen molar-refractivity contribution in [3.05, 3.63) is 59.2 Å². The molecule has 0 bridgehead atoms. The van der Waals surface area contributed by atoms with Crippen molar-refractivity contribution in [2.75, 3.05) is 17.2 Å². The van der Waals surface area contributed by atoms with Crippen LogP contribution in [-0.4, -0.2) is 37.4 Å². The molecule has 3 N–H and O–H groups in total. The standard InChI is InChI=1S/C23H26N8OS/c1-2-19(15-6-4-3-5-7-15)26-20(32)13-24-21-18-10-11-33-22(18)28-23(27-21)25-12-16-14-31(30-29-16)17-8-9-17/h3-7,10-11,14,17,19H,2,8-9,12-13H2,1H3,(H,26,32)(H2,24,25,27,28). The van der Waals surface area contributed by atoms with Crippen LogP contribution >= 0.6 is 11.3 Å². The average Bonchev–Trinajstić information content (AvgIpc) is 3.39. The van der Waals surface area contributed by atoms with Crippen LogP contribution in [0.3, 0.4) is 0 Å². The summed E-state index contributed by atoms with van der Waals surface area (Å²) < 4.78 is 1.92. The quantitative estimate of drug-likeness (QED) is 0.328. The molecule has 5 rings (SSSR count). The number of hydrogen-bond donors (Lipinski definition) is 3. The molecule has 1 aliphatic carbocycles. The Hall–Kier alpha value is -3.53. The Bertz CT molecular complexity index is 1230. The summed E-state index contributed by atoms with van der Waals surface area (Å²) in [7, 11) is 0. The second-order valence-corrected chi connectivity index (χ2v) is 9.00. The molecular formula is C23H26N8OS. The molecule has 0 spiro atoms. The fourth-order valence-corrected chi connectivity index (χ4v) is 4.43. The summed E-state index contributed by atoms with van der Waals surface area (Å²) in [5.41, 5.74) is 1.94. The van der Waals surface area contributed by atoms with Gasteiger partial charge in [0, 0.05) is 0 Å². The van der Waals surface area contributed by atoms with Gasteiger partial charge in [-0.05, 0) is 36.3 Å². The first-order valence-electron chi connectivity index (χ1n) is 11.2. The van der Waals surface area contributed by atoms with Crippen molar-refractivity contribution in [1.82, 2.24) is 30.3 Å². The summed E-state index contributed by atoms with van der Waals surface area (Å²) in [5, 5.41) is 20.8. The van der Waals surface area contributed by atoms with Gasteiger partial charge in [0.25, 0.3) is 0 Å². The van der Waals surface area contributed by atoms with Gasteiger partial charge in [-0.25, -0.2) is 9.67 Å². The molecule has 33 heavy (non-hydrogen) atoms. The molecule has 1 saturated carbocycles. The summed E-state index contributed by atoms with van der Waals surface area (Å²) >= 11 is 1.54. The second kappa shape index (κ2) is 9.53. The summed E-state index contributed by atoms with van der Waals surface area (Å²) in [6.07, 6.45) is 5.12. The van der Waals surface area contributed by atoms with E-state index in [1.54, 1.807) is 0 Å². The number of hydrogen-bond acceptors (Lipinski definition) is 8. The van der Waals surface area contributed by atoms with Crippen LogP contribution < -0.4 is 16.0 Å². The van der Waals surface area contributed by atoms with Gasteiger partial charge in [0.2, 0.25) is 11.9 Å². The molecule has 10 heteroatoms. The van der Waals surface area contributed by atoms with E-state index >= 15 is 0 Å². The van der Waals surface area contributed by atoms with Crippen molar-refractivity contribution < 1.29 is 4.79 Å². The van der Waals surface area contributed by atoms with E-state index in [0.717, 1.165) is 27.9 Å².